The van der Waals surface area contributed by atoms with E-state index in [1.165, 1.54) is 0 Å². The van der Waals surface area contributed by atoms with Crippen LogP contribution in [0.25, 0.3) is 21.5 Å². The molecule has 0 spiro atoms. The molecule has 3 heterocycles. The third kappa shape index (κ3) is 4.01. The van der Waals surface area contributed by atoms with E-state index in [1.54, 1.807) is 34.4 Å². The van der Waals surface area contributed by atoms with E-state index in [0.29, 0.717) is 42.0 Å². The average molecular weight is 485 g/mol. The number of aromatic nitrogens is 2. The van der Waals surface area contributed by atoms with Crippen LogP contribution in [0, 0.1) is 0 Å². The Balaban J connectivity index is 1.23. The van der Waals surface area contributed by atoms with E-state index in [2.05, 4.69) is 14.1 Å². The van der Waals surface area contributed by atoms with Gasteiger partial charge in [0.25, 0.3) is 0 Å². The van der Waals surface area contributed by atoms with Gasteiger partial charge in [0.1, 0.15) is 11.0 Å². The highest BCUT2D eigenvalue weighted by molar-refractivity contribution is 7.92. The van der Waals surface area contributed by atoms with Crippen molar-refractivity contribution in [1.29, 1.82) is 0 Å². The molecule has 1 fully saturated rings. The molecule has 2 amide bonds. The fraction of sp³-hybridized carbons (Fsp3) is 0.227. The number of hydrogen-bond acceptors (Lipinski definition) is 7. The van der Waals surface area contributed by atoms with Gasteiger partial charge in [0.05, 0.1) is 27.6 Å². The number of likely N-dealkylation sites (tertiary alicyclic amines) is 1. The standard InChI is InChI=1S/C22H20N4O3S3/c27-22(23-18-3-1-4-19-21(18)25-31-24-19)26-12-10-17(11-13-26)32(28,29)16-8-6-15(7-9-16)20-5-2-14-30-20/h1-9,14,17H,10-13H2,(H,23,27). The number of urea groups is 1. The molecular formula is C22H20N4O3S3. The number of benzene rings is 2. The van der Waals surface area contributed by atoms with E-state index < -0.39 is 15.1 Å². The number of rotatable bonds is 4. The average Bonchev–Trinajstić information content (AvgIpc) is 3.52. The minimum absolute atomic E-state index is 0.248. The Kier molecular flexibility index (Phi) is 5.66. The fourth-order valence-corrected chi connectivity index (χ4v) is 6.93. The smallest absolute Gasteiger partial charge is 0.321 e. The maximum Gasteiger partial charge on any atom is 0.321 e. The lowest BCUT2D eigenvalue weighted by atomic mass is 10.1. The van der Waals surface area contributed by atoms with Crippen molar-refractivity contribution in [3.05, 3.63) is 60.0 Å². The molecule has 2 aromatic heterocycles. The SMILES string of the molecule is O=C(Nc1cccc2nsnc12)N1CCC(S(=O)(=O)c2ccc(-c3cccs3)cc2)CC1. The molecule has 0 aliphatic carbocycles. The van der Waals surface area contributed by atoms with Crippen molar-refractivity contribution >= 4 is 55.7 Å². The summed E-state index contributed by atoms with van der Waals surface area (Å²) in [7, 11) is -3.45. The molecule has 2 aromatic carbocycles. The maximum absolute atomic E-state index is 13.1. The van der Waals surface area contributed by atoms with Crippen molar-refractivity contribution in [3.8, 4) is 10.4 Å². The highest BCUT2D eigenvalue weighted by Gasteiger charge is 2.33. The highest BCUT2D eigenvalue weighted by atomic mass is 32.2. The predicted octanol–water partition coefficient (Wildman–Crippen LogP) is 4.89. The number of hydrogen-bond donors (Lipinski definition) is 1. The second-order valence-electron chi connectivity index (χ2n) is 7.60. The Bertz CT molecular complexity index is 1340. The number of fused-ring (bicyclic) bond motifs is 1. The first-order valence-corrected chi connectivity index (χ1v) is 13.3. The molecule has 1 N–H and O–H groups in total. The summed E-state index contributed by atoms with van der Waals surface area (Å²) < 4.78 is 34.7. The first-order valence-electron chi connectivity index (χ1n) is 10.2. The number of nitrogens with one attached hydrogen (secondary N) is 1. The summed E-state index contributed by atoms with van der Waals surface area (Å²) in [6, 6.07) is 16.3. The van der Waals surface area contributed by atoms with Crippen LogP contribution in [-0.2, 0) is 9.84 Å². The minimum Gasteiger partial charge on any atom is -0.324 e. The van der Waals surface area contributed by atoms with Gasteiger partial charge in [-0.05, 0) is 54.1 Å². The van der Waals surface area contributed by atoms with Gasteiger partial charge < -0.3 is 10.2 Å². The highest BCUT2D eigenvalue weighted by Crippen LogP contribution is 2.29. The molecule has 0 bridgehead atoms. The van der Waals surface area contributed by atoms with Gasteiger partial charge in [-0.25, -0.2) is 13.2 Å². The Morgan fingerprint density at radius 3 is 2.50 bits per heavy atom. The van der Waals surface area contributed by atoms with E-state index in [9.17, 15) is 13.2 Å². The van der Waals surface area contributed by atoms with Crippen LogP contribution in [0.4, 0.5) is 10.5 Å². The monoisotopic (exact) mass is 484 g/mol. The lowest BCUT2D eigenvalue weighted by Crippen LogP contribution is -2.44. The number of anilines is 1. The zero-order valence-electron chi connectivity index (χ0n) is 17.0. The summed E-state index contributed by atoms with van der Waals surface area (Å²) in [5.41, 5.74) is 3.02. The van der Waals surface area contributed by atoms with Crippen molar-refractivity contribution in [2.24, 2.45) is 0 Å². The zero-order chi connectivity index (χ0) is 22.1. The molecule has 10 heteroatoms. The van der Waals surface area contributed by atoms with Crippen LogP contribution in [0.3, 0.4) is 0 Å². The van der Waals surface area contributed by atoms with E-state index in [4.69, 9.17) is 0 Å². The summed E-state index contributed by atoms with van der Waals surface area (Å²) in [6.07, 6.45) is 0.815. The molecule has 5 rings (SSSR count). The molecule has 0 unspecified atom stereocenters. The summed E-state index contributed by atoms with van der Waals surface area (Å²) in [5, 5.41) is 4.39. The molecule has 7 nitrogen and oxygen atoms in total. The largest absolute Gasteiger partial charge is 0.324 e. The van der Waals surface area contributed by atoms with E-state index in [0.717, 1.165) is 27.7 Å². The Morgan fingerprint density at radius 2 is 1.78 bits per heavy atom. The van der Waals surface area contributed by atoms with Crippen molar-refractivity contribution < 1.29 is 13.2 Å². The first-order chi connectivity index (χ1) is 15.5. The lowest BCUT2D eigenvalue weighted by molar-refractivity contribution is 0.200. The number of amides is 2. The molecule has 1 aliphatic rings. The van der Waals surface area contributed by atoms with Gasteiger partial charge >= 0.3 is 6.03 Å². The van der Waals surface area contributed by atoms with Crippen LogP contribution in [0.5, 0.6) is 0 Å². The molecule has 1 saturated heterocycles. The van der Waals surface area contributed by atoms with Crippen LogP contribution >= 0.6 is 23.1 Å². The van der Waals surface area contributed by atoms with Gasteiger partial charge in [0, 0.05) is 18.0 Å². The number of nitrogens with zero attached hydrogens (tertiary/aromatic N) is 3. The van der Waals surface area contributed by atoms with Crippen LogP contribution in [-0.4, -0.2) is 46.4 Å². The number of piperidine rings is 1. The van der Waals surface area contributed by atoms with Crippen LogP contribution in [0.2, 0.25) is 0 Å². The Morgan fingerprint density at radius 1 is 1.00 bits per heavy atom. The number of carbonyl (C=O) groups excluding carboxylic acids is 1. The van der Waals surface area contributed by atoms with Crippen molar-refractivity contribution in [1.82, 2.24) is 13.6 Å². The second kappa shape index (κ2) is 8.61. The minimum atomic E-state index is -3.45. The van der Waals surface area contributed by atoms with Gasteiger partial charge in [-0.3, -0.25) is 0 Å². The van der Waals surface area contributed by atoms with Crippen LogP contribution in [0.1, 0.15) is 12.8 Å². The Labute approximate surface area is 194 Å². The van der Waals surface area contributed by atoms with Gasteiger partial charge in [0.2, 0.25) is 0 Å². The van der Waals surface area contributed by atoms with Gasteiger partial charge in [-0.15, -0.1) is 11.3 Å². The van der Waals surface area contributed by atoms with Gasteiger partial charge in [-0.2, -0.15) is 8.75 Å². The molecule has 164 valence electrons. The molecule has 1 aliphatic heterocycles. The summed E-state index contributed by atoms with van der Waals surface area (Å²) in [4.78, 5) is 15.8. The van der Waals surface area contributed by atoms with E-state index >= 15 is 0 Å². The third-order valence-electron chi connectivity index (χ3n) is 5.68. The quantitative estimate of drug-likeness (QED) is 0.445. The number of carbonyl (C=O) groups is 1. The van der Waals surface area contributed by atoms with Crippen molar-refractivity contribution in [2.45, 2.75) is 23.0 Å². The van der Waals surface area contributed by atoms with Crippen LogP contribution in [0.15, 0.2) is 64.9 Å². The van der Waals surface area contributed by atoms with E-state index in [1.807, 2.05) is 41.8 Å². The molecule has 32 heavy (non-hydrogen) atoms. The molecule has 0 saturated carbocycles. The molecular weight excluding hydrogens is 464 g/mol. The molecule has 0 radical (unpaired) electrons. The summed E-state index contributed by atoms with van der Waals surface area (Å²) in [5.74, 6) is 0. The molecule has 4 aromatic rings. The number of sulfone groups is 1. The third-order valence-corrected chi connectivity index (χ3v) is 9.42. The first kappa shape index (κ1) is 21.0. The fourth-order valence-electron chi connectivity index (χ4n) is 3.91. The van der Waals surface area contributed by atoms with Gasteiger partial charge in [-0.1, -0.05) is 24.3 Å². The van der Waals surface area contributed by atoms with E-state index in [-0.39, 0.29) is 6.03 Å². The Hall–Kier alpha value is -2.82. The topological polar surface area (TPSA) is 92.3 Å². The summed E-state index contributed by atoms with van der Waals surface area (Å²) in [6.45, 7) is 0.766. The van der Waals surface area contributed by atoms with Crippen molar-refractivity contribution in [2.75, 3.05) is 18.4 Å². The maximum atomic E-state index is 13.1. The number of thiophene rings is 1. The predicted molar refractivity (Wildman–Crippen MR) is 128 cm³/mol. The zero-order valence-corrected chi connectivity index (χ0v) is 19.4. The lowest BCUT2D eigenvalue weighted by Gasteiger charge is -2.31. The normalized spacial score (nSPS) is 15.2. The second-order valence-corrected chi connectivity index (χ2v) is 11.3. The van der Waals surface area contributed by atoms with Gasteiger partial charge in [0.15, 0.2) is 9.84 Å². The van der Waals surface area contributed by atoms with Crippen LogP contribution < -0.4 is 5.32 Å². The molecule has 0 atom stereocenters. The summed E-state index contributed by atoms with van der Waals surface area (Å²) >= 11 is 2.72. The van der Waals surface area contributed by atoms with Crippen molar-refractivity contribution in [3.63, 3.8) is 0 Å².